The molecule has 2 aromatic carbocycles. The van der Waals surface area contributed by atoms with Gasteiger partial charge in [0.05, 0.1) is 54.1 Å². The van der Waals surface area contributed by atoms with Gasteiger partial charge in [-0.2, -0.15) is 18.3 Å². The van der Waals surface area contributed by atoms with E-state index in [1.54, 1.807) is 48.3 Å². The van der Waals surface area contributed by atoms with Crippen LogP contribution in [0.1, 0.15) is 60.0 Å². The number of para-hydroxylation sites is 1. The molecule has 3 N–H and O–H groups in total. The Hall–Kier alpha value is -5.83. The van der Waals surface area contributed by atoms with Crippen molar-refractivity contribution in [2.75, 3.05) is 31.7 Å². The molecule has 54 heavy (non-hydrogen) atoms. The Kier molecular flexibility index (Phi) is 10.7. The first-order valence-electron chi connectivity index (χ1n) is 16.9. The SMILES string of the molecule is Cn1c(=O)n(C2CCC(=O)NC2=O)c2cccc(C#CCOCCOCCn3cc4cc(NC(=O)c5cccc(C(F)(F)F)n5)c(C(C)(C)O)cc4n3)c21. The van der Waals surface area contributed by atoms with E-state index in [1.807, 2.05) is 0 Å². The maximum absolute atomic E-state index is 13.1. The molecule has 14 nitrogen and oxygen atoms in total. The third-order valence-electron chi connectivity index (χ3n) is 8.73. The van der Waals surface area contributed by atoms with Gasteiger partial charge in [-0.15, -0.1) is 0 Å². The van der Waals surface area contributed by atoms with E-state index in [0.29, 0.717) is 39.6 Å². The maximum atomic E-state index is 13.1. The lowest BCUT2D eigenvalue weighted by Gasteiger charge is -2.22. The Balaban J connectivity index is 1.02. The second kappa shape index (κ2) is 15.3. The summed E-state index contributed by atoms with van der Waals surface area (Å²) in [5.41, 5.74) is -0.713. The third-order valence-corrected chi connectivity index (χ3v) is 8.73. The second-order valence-electron chi connectivity index (χ2n) is 13.1. The number of carbonyl (C=O) groups is 3. The summed E-state index contributed by atoms with van der Waals surface area (Å²) >= 11 is 0. The van der Waals surface area contributed by atoms with Gasteiger partial charge in [0.15, 0.2) is 0 Å². The van der Waals surface area contributed by atoms with Crippen LogP contribution in [-0.4, -0.2) is 73.2 Å². The summed E-state index contributed by atoms with van der Waals surface area (Å²) in [5.74, 6) is 4.23. The number of ether oxygens (including phenoxy) is 2. The normalized spacial score (nSPS) is 15.0. The van der Waals surface area contributed by atoms with E-state index in [1.165, 1.54) is 29.0 Å². The predicted molar refractivity (Wildman–Crippen MR) is 189 cm³/mol. The number of aromatic nitrogens is 5. The molecule has 1 aliphatic rings. The zero-order valence-corrected chi connectivity index (χ0v) is 29.5. The van der Waals surface area contributed by atoms with E-state index in [9.17, 15) is 37.5 Å². The molecule has 4 heterocycles. The Labute approximate surface area is 305 Å². The average Bonchev–Trinajstić information content (AvgIpc) is 3.63. The molecule has 3 aromatic heterocycles. The van der Waals surface area contributed by atoms with Crippen LogP contribution in [0.2, 0.25) is 0 Å². The number of nitrogens with zero attached hydrogens (tertiary/aromatic N) is 5. The van der Waals surface area contributed by atoms with Crippen LogP contribution in [0.15, 0.2) is 59.5 Å². The number of pyridine rings is 1. The second-order valence-corrected chi connectivity index (χ2v) is 13.1. The molecule has 282 valence electrons. The van der Waals surface area contributed by atoms with Crippen molar-refractivity contribution in [2.24, 2.45) is 7.05 Å². The quantitative estimate of drug-likeness (QED) is 0.104. The monoisotopic (exact) mass is 747 g/mol. The van der Waals surface area contributed by atoms with Gasteiger partial charge in [0.25, 0.3) is 5.91 Å². The molecular weight excluding hydrogens is 711 g/mol. The van der Waals surface area contributed by atoms with Crippen molar-refractivity contribution < 1.29 is 42.1 Å². The number of carbonyl (C=O) groups excluding carboxylic acids is 3. The highest BCUT2D eigenvalue weighted by Crippen LogP contribution is 2.33. The number of imide groups is 1. The van der Waals surface area contributed by atoms with Gasteiger partial charge >= 0.3 is 11.9 Å². The van der Waals surface area contributed by atoms with E-state index < -0.39 is 41.0 Å². The van der Waals surface area contributed by atoms with E-state index in [2.05, 4.69) is 32.6 Å². The zero-order chi connectivity index (χ0) is 38.8. The fourth-order valence-electron chi connectivity index (χ4n) is 6.15. The first kappa shape index (κ1) is 37.9. The van der Waals surface area contributed by atoms with Crippen LogP contribution in [0.3, 0.4) is 0 Å². The lowest BCUT2D eigenvalue weighted by atomic mass is 9.95. The third kappa shape index (κ3) is 8.20. The summed E-state index contributed by atoms with van der Waals surface area (Å²) in [6.07, 6.45) is -2.62. The van der Waals surface area contributed by atoms with Crippen LogP contribution in [0.25, 0.3) is 21.9 Å². The molecule has 1 saturated heterocycles. The van der Waals surface area contributed by atoms with E-state index in [4.69, 9.17) is 9.47 Å². The molecule has 0 radical (unpaired) electrons. The summed E-state index contributed by atoms with van der Waals surface area (Å²) in [5, 5.41) is 20.8. The number of nitrogens with one attached hydrogen (secondary N) is 2. The summed E-state index contributed by atoms with van der Waals surface area (Å²) in [6.45, 7) is 4.29. The Bertz CT molecular complexity index is 2380. The van der Waals surface area contributed by atoms with Crippen molar-refractivity contribution in [1.82, 2.24) is 29.2 Å². The molecular formula is C37H36F3N7O7. The topological polar surface area (TPSA) is 172 Å². The number of anilines is 1. The van der Waals surface area contributed by atoms with Crippen molar-refractivity contribution in [3.63, 3.8) is 0 Å². The van der Waals surface area contributed by atoms with Crippen LogP contribution in [-0.2, 0) is 44.4 Å². The van der Waals surface area contributed by atoms with Crippen molar-refractivity contribution in [2.45, 2.75) is 51.1 Å². The fraction of sp³-hybridized carbons (Fsp3) is 0.351. The number of hydrogen-bond donors (Lipinski definition) is 3. The van der Waals surface area contributed by atoms with Crippen LogP contribution < -0.4 is 16.3 Å². The minimum Gasteiger partial charge on any atom is -0.386 e. The lowest BCUT2D eigenvalue weighted by Crippen LogP contribution is -2.44. The minimum atomic E-state index is -4.72. The number of aryl methyl sites for hydroxylation is 1. The van der Waals surface area contributed by atoms with Gasteiger partial charge in [0.1, 0.15) is 24.0 Å². The minimum absolute atomic E-state index is 0.0956. The number of piperidine rings is 1. The zero-order valence-electron chi connectivity index (χ0n) is 29.5. The standard InChI is InChI=1S/C37H36F3N7O7/c1-36(2,52)24-20-26-23(19-27(24)42-33(49)25-9-5-11-30(41-25)37(38,39)40)21-46(44-26)14-16-54-18-17-53-15-6-8-22-7-4-10-28-32(22)45(3)35(51)47(28)29-12-13-31(48)43-34(29)50/h4-5,7,9-11,19-21,29,52H,12-18H2,1-3H3,(H,42,49)(H,43,48,50). The molecule has 3 amide bonds. The number of rotatable bonds is 11. The van der Waals surface area contributed by atoms with Crippen molar-refractivity contribution in [1.29, 1.82) is 0 Å². The molecule has 0 spiro atoms. The van der Waals surface area contributed by atoms with Crippen LogP contribution in [0, 0.1) is 11.8 Å². The number of aliphatic hydroxyl groups is 1. The number of hydrogen-bond acceptors (Lipinski definition) is 9. The average molecular weight is 748 g/mol. The summed E-state index contributed by atoms with van der Waals surface area (Å²) in [7, 11) is 1.60. The Morgan fingerprint density at radius 1 is 1.07 bits per heavy atom. The van der Waals surface area contributed by atoms with Gasteiger partial charge in [-0.3, -0.25) is 33.5 Å². The number of imidazole rings is 1. The van der Waals surface area contributed by atoms with Gasteiger partial charge in [0, 0.05) is 36.3 Å². The van der Waals surface area contributed by atoms with Gasteiger partial charge < -0.3 is 19.9 Å². The first-order chi connectivity index (χ1) is 25.6. The number of benzene rings is 2. The van der Waals surface area contributed by atoms with Crippen LogP contribution in [0.4, 0.5) is 18.9 Å². The molecule has 5 aromatic rings. The molecule has 0 aliphatic carbocycles. The maximum Gasteiger partial charge on any atom is 0.433 e. The van der Waals surface area contributed by atoms with Crippen LogP contribution >= 0.6 is 0 Å². The Morgan fingerprint density at radius 2 is 1.83 bits per heavy atom. The van der Waals surface area contributed by atoms with Gasteiger partial charge in [0.2, 0.25) is 11.8 Å². The predicted octanol–water partition coefficient (Wildman–Crippen LogP) is 3.65. The highest BCUT2D eigenvalue weighted by atomic mass is 19.4. The van der Waals surface area contributed by atoms with Gasteiger partial charge in [-0.05, 0) is 56.7 Å². The number of halogens is 3. The van der Waals surface area contributed by atoms with E-state index >= 15 is 0 Å². The smallest absolute Gasteiger partial charge is 0.386 e. The summed E-state index contributed by atoms with van der Waals surface area (Å²) in [6, 6.07) is 10.7. The molecule has 1 aliphatic heterocycles. The number of fused-ring (bicyclic) bond motifs is 2. The molecule has 1 atom stereocenters. The Morgan fingerprint density at radius 3 is 2.57 bits per heavy atom. The highest BCUT2D eigenvalue weighted by Gasteiger charge is 2.34. The van der Waals surface area contributed by atoms with Crippen molar-refractivity contribution >= 4 is 45.3 Å². The molecule has 17 heteroatoms. The molecule has 1 unspecified atom stereocenters. The van der Waals surface area contributed by atoms with Crippen molar-refractivity contribution in [3.8, 4) is 11.8 Å². The molecule has 6 rings (SSSR count). The number of alkyl halides is 3. The van der Waals surface area contributed by atoms with Crippen molar-refractivity contribution in [3.05, 3.63) is 87.7 Å². The largest absolute Gasteiger partial charge is 0.433 e. The molecule has 0 saturated carbocycles. The highest BCUT2D eigenvalue weighted by molar-refractivity contribution is 6.04. The molecule has 0 bridgehead atoms. The van der Waals surface area contributed by atoms with E-state index in [-0.39, 0.29) is 56.6 Å². The van der Waals surface area contributed by atoms with Gasteiger partial charge in [-0.1, -0.05) is 24.0 Å². The summed E-state index contributed by atoms with van der Waals surface area (Å²) in [4.78, 5) is 53.5. The van der Waals surface area contributed by atoms with E-state index in [0.717, 1.165) is 12.1 Å². The molecule has 1 fully saturated rings. The first-order valence-corrected chi connectivity index (χ1v) is 16.9. The fourth-order valence-corrected chi connectivity index (χ4v) is 6.15. The van der Waals surface area contributed by atoms with Gasteiger partial charge in [-0.25, -0.2) is 9.78 Å². The summed E-state index contributed by atoms with van der Waals surface area (Å²) < 4.78 is 55.2. The number of amides is 3. The van der Waals surface area contributed by atoms with Crippen LogP contribution in [0.5, 0.6) is 0 Å². The lowest BCUT2D eigenvalue weighted by molar-refractivity contribution is -0.141.